The molecule has 0 unspecified atom stereocenters. The van der Waals surface area contributed by atoms with E-state index in [1.54, 1.807) is 0 Å². The van der Waals surface area contributed by atoms with Crippen molar-refractivity contribution in [3.05, 3.63) is 0 Å². The van der Waals surface area contributed by atoms with E-state index in [1.807, 2.05) is 0 Å². The van der Waals surface area contributed by atoms with Crippen LogP contribution in [0.15, 0.2) is 0 Å². The van der Waals surface area contributed by atoms with Gasteiger partial charge in [0.15, 0.2) is 0 Å². The van der Waals surface area contributed by atoms with Crippen LogP contribution in [-0.2, 0) is 0 Å². The average molecular weight is 337 g/mol. The maximum absolute atomic E-state index is 2.79. The molecule has 0 aliphatic heterocycles. The van der Waals surface area contributed by atoms with Crippen molar-refractivity contribution < 1.29 is 0 Å². The lowest BCUT2D eigenvalue weighted by Crippen LogP contribution is -2.53. The molecule has 2 saturated carbocycles. The van der Waals surface area contributed by atoms with E-state index in [9.17, 15) is 0 Å². The number of rotatable bonds is 10. The van der Waals surface area contributed by atoms with E-state index < -0.39 is 0 Å². The number of nitrogens with zero attached hydrogens (tertiary/aromatic N) is 2. The van der Waals surface area contributed by atoms with Crippen molar-refractivity contribution in [2.24, 2.45) is 0 Å². The monoisotopic (exact) mass is 336 g/mol. The SMILES string of the molecule is CCCCCCCC(N(C)C1CCCCC1)N(C)C1CCCCC1. The molecular weight excluding hydrogens is 292 g/mol. The second-order valence-electron chi connectivity index (χ2n) is 8.60. The molecule has 2 aliphatic rings. The quantitative estimate of drug-likeness (QED) is 0.346. The first-order valence-corrected chi connectivity index (χ1v) is 11.2. The summed E-state index contributed by atoms with van der Waals surface area (Å²) >= 11 is 0. The zero-order valence-electron chi connectivity index (χ0n) is 16.9. The van der Waals surface area contributed by atoms with Crippen LogP contribution in [0.1, 0.15) is 110 Å². The summed E-state index contributed by atoms with van der Waals surface area (Å²) in [7, 11) is 4.87. The van der Waals surface area contributed by atoms with Gasteiger partial charge in [0.25, 0.3) is 0 Å². The molecule has 0 amide bonds. The van der Waals surface area contributed by atoms with Gasteiger partial charge in [0, 0.05) is 12.1 Å². The van der Waals surface area contributed by atoms with Crippen LogP contribution in [0.5, 0.6) is 0 Å². The van der Waals surface area contributed by atoms with Crippen molar-refractivity contribution in [2.75, 3.05) is 14.1 Å². The lowest BCUT2D eigenvalue weighted by molar-refractivity contribution is -0.00435. The number of hydrogen-bond acceptors (Lipinski definition) is 2. The van der Waals surface area contributed by atoms with Gasteiger partial charge in [-0.2, -0.15) is 0 Å². The van der Waals surface area contributed by atoms with Gasteiger partial charge >= 0.3 is 0 Å². The molecule has 0 radical (unpaired) electrons. The molecule has 0 spiro atoms. The fourth-order valence-electron chi connectivity index (χ4n) is 5.09. The smallest absolute Gasteiger partial charge is 0.0622 e. The Bertz CT molecular complexity index is 281. The van der Waals surface area contributed by atoms with Gasteiger partial charge in [-0.05, 0) is 46.2 Å². The highest BCUT2D eigenvalue weighted by atomic mass is 15.4. The number of hydrogen-bond donors (Lipinski definition) is 0. The molecule has 0 aromatic heterocycles. The predicted octanol–water partition coefficient (Wildman–Crippen LogP) is 6.20. The molecule has 2 nitrogen and oxygen atoms in total. The zero-order chi connectivity index (χ0) is 17.2. The van der Waals surface area contributed by atoms with Crippen molar-refractivity contribution in [1.29, 1.82) is 0 Å². The van der Waals surface area contributed by atoms with Gasteiger partial charge in [-0.3, -0.25) is 9.80 Å². The Labute approximate surface area is 152 Å². The van der Waals surface area contributed by atoms with Crippen molar-refractivity contribution in [3.63, 3.8) is 0 Å². The molecule has 0 aromatic rings. The Kier molecular flexibility index (Phi) is 9.71. The van der Waals surface area contributed by atoms with Crippen LogP contribution in [0.4, 0.5) is 0 Å². The second-order valence-corrected chi connectivity index (χ2v) is 8.60. The van der Waals surface area contributed by atoms with Crippen molar-refractivity contribution in [1.82, 2.24) is 9.80 Å². The minimum Gasteiger partial charge on any atom is -0.288 e. The van der Waals surface area contributed by atoms with Crippen LogP contribution in [0.3, 0.4) is 0 Å². The largest absolute Gasteiger partial charge is 0.288 e. The fourth-order valence-corrected chi connectivity index (χ4v) is 5.09. The molecule has 2 rings (SSSR count). The van der Waals surface area contributed by atoms with Gasteiger partial charge in [0.05, 0.1) is 6.17 Å². The minimum atomic E-state index is 0.679. The van der Waals surface area contributed by atoms with Crippen molar-refractivity contribution >= 4 is 0 Å². The molecule has 0 bridgehead atoms. The third kappa shape index (κ3) is 6.33. The van der Waals surface area contributed by atoms with Crippen LogP contribution >= 0.6 is 0 Å². The van der Waals surface area contributed by atoms with E-state index in [-0.39, 0.29) is 0 Å². The van der Waals surface area contributed by atoms with Gasteiger partial charge < -0.3 is 0 Å². The highest BCUT2D eigenvalue weighted by Gasteiger charge is 2.30. The lowest BCUT2D eigenvalue weighted by atomic mass is 9.91. The fraction of sp³-hybridized carbons (Fsp3) is 1.00. The van der Waals surface area contributed by atoms with Gasteiger partial charge in [0.1, 0.15) is 0 Å². The third-order valence-corrected chi connectivity index (χ3v) is 6.81. The summed E-state index contributed by atoms with van der Waals surface area (Å²) in [5, 5.41) is 0. The summed E-state index contributed by atoms with van der Waals surface area (Å²) in [5.74, 6) is 0. The Morgan fingerprint density at radius 1 is 0.667 bits per heavy atom. The third-order valence-electron chi connectivity index (χ3n) is 6.81. The lowest BCUT2D eigenvalue weighted by Gasteiger charge is -2.45. The highest BCUT2D eigenvalue weighted by Crippen LogP contribution is 2.29. The molecule has 142 valence electrons. The summed E-state index contributed by atoms with van der Waals surface area (Å²) < 4.78 is 0. The topological polar surface area (TPSA) is 6.48 Å². The number of unbranched alkanes of at least 4 members (excludes halogenated alkanes) is 4. The molecule has 2 heteroatoms. The van der Waals surface area contributed by atoms with Crippen LogP contribution in [0, 0.1) is 0 Å². The summed E-state index contributed by atoms with van der Waals surface area (Å²) in [6.07, 6.45) is 23.6. The predicted molar refractivity (Wildman–Crippen MR) is 106 cm³/mol. The van der Waals surface area contributed by atoms with Gasteiger partial charge in [-0.15, -0.1) is 0 Å². The Morgan fingerprint density at radius 3 is 1.58 bits per heavy atom. The Balaban J connectivity index is 1.90. The van der Waals surface area contributed by atoms with E-state index in [0.29, 0.717) is 6.17 Å². The molecule has 0 atom stereocenters. The summed E-state index contributed by atoms with van der Waals surface area (Å²) in [4.78, 5) is 5.57. The molecule has 2 aliphatic carbocycles. The summed E-state index contributed by atoms with van der Waals surface area (Å²) in [6.45, 7) is 2.32. The summed E-state index contributed by atoms with van der Waals surface area (Å²) in [5.41, 5.74) is 0. The van der Waals surface area contributed by atoms with Crippen molar-refractivity contribution in [2.45, 2.75) is 128 Å². The first kappa shape index (κ1) is 20.2. The van der Waals surface area contributed by atoms with E-state index in [0.717, 1.165) is 12.1 Å². The maximum atomic E-state index is 2.79. The molecule has 0 saturated heterocycles. The van der Waals surface area contributed by atoms with Gasteiger partial charge in [-0.25, -0.2) is 0 Å². The van der Waals surface area contributed by atoms with E-state index in [1.165, 1.54) is 103 Å². The van der Waals surface area contributed by atoms with Crippen LogP contribution in [-0.4, -0.2) is 42.1 Å². The molecule has 24 heavy (non-hydrogen) atoms. The van der Waals surface area contributed by atoms with Gasteiger partial charge in [-0.1, -0.05) is 77.6 Å². The second kappa shape index (κ2) is 11.5. The molecule has 2 fully saturated rings. The first-order valence-electron chi connectivity index (χ1n) is 11.2. The van der Waals surface area contributed by atoms with E-state index >= 15 is 0 Å². The highest BCUT2D eigenvalue weighted by molar-refractivity contribution is 4.83. The van der Waals surface area contributed by atoms with Crippen molar-refractivity contribution in [3.8, 4) is 0 Å². The van der Waals surface area contributed by atoms with E-state index in [4.69, 9.17) is 0 Å². The van der Waals surface area contributed by atoms with Crippen LogP contribution in [0.25, 0.3) is 0 Å². The van der Waals surface area contributed by atoms with Gasteiger partial charge in [0.2, 0.25) is 0 Å². The first-order chi connectivity index (χ1) is 11.7. The Morgan fingerprint density at radius 2 is 1.12 bits per heavy atom. The molecule has 0 heterocycles. The Hall–Kier alpha value is -0.0800. The van der Waals surface area contributed by atoms with Crippen LogP contribution in [0.2, 0.25) is 0 Å². The minimum absolute atomic E-state index is 0.679. The maximum Gasteiger partial charge on any atom is 0.0622 e. The average Bonchev–Trinajstić information content (AvgIpc) is 2.65. The van der Waals surface area contributed by atoms with E-state index in [2.05, 4.69) is 30.8 Å². The molecular formula is C22H44N2. The zero-order valence-corrected chi connectivity index (χ0v) is 16.9. The summed E-state index contributed by atoms with van der Waals surface area (Å²) in [6, 6.07) is 1.68. The standard InChI is InChI=1S/C22H44N2/c1-4-5-6-7-14-19-22(23(2)20-15-10-8-11-16-20)24(3)21-17-12-9-13-18-21/h20-22H,4-19H2,1-3H3. The normalized spacial score (nSPS) is 21.2. The molecule has 0 aromatic carbocycles. The van der Waals surface area contributed by atoms with Crippen LogP contribution < -0.4 is 0 Å². The molecule has 0 N–H and O–H groups in total.